The van der Waals surface area contributed by atoms with Crippen LogP contribution in [0.5, 0.6) is 5.75 Å². The molecule has 20 heavy (non-hydrogen) atoms. The maximum Gasteiger partial charge on any atom is 0.153 e. The number of aryl methyl sites for hydroxylation is 1. The van der Waals surface area contributed by atoms with Crippen molar-refractivity contribution in [1.82, 2.24) is 10.2 Å². The predicted octanol–water partition coefficient (Wildman–Crippen LogP) is 3.72. The van der Waals surface area contributed by atoms with Crippen molar-refractivity contribution in [2.75, 3.05) is 6.61 Å². The number of carbonyl (C=O) groups is 1. The number of hydrogen-bond donors (Lipinski definition) is 1. The van der Waals surface area contributed by atoms with Crippen LogP contribution in [0.1, 0.15) is 48.2 Å². The van der Waals surface area contributed by atoms with Crippen molar-refractivity contribution in [3.8, 4) is 17.0 Å². The first kappa shape index (κ1) is 14.3. The Kier molecular flexibility index (Phi) is 4.23. The molecule has 0 fully saturated rings. The van der Waals surface area contributed by atoms with E-state index in [4.69, 9.17) is 4.74 Å². The molecule has 0 saturated heterocycles. The minimum Gasteiger partial charge on any atom is -0.494 e. The molecule has 0 spiro atoms. The van der Waals surface area contributed by atoms with Crippen molar-refractivity contribution in [2.45, 2.75) is 33.6 Å². The van der Waals surface area contributed by atoms with Crippen LogP contribution in [-0.4, -0.2) is 23.1 Å². The van der Waals surface area contributed by atoms with E-state index < -0.39 is 0 Å². The molecule has 1 aromatic carbocycles. The highest BCUT2D eigenvalue weighted by Gasteiger charge is 2.15. The SMILES string of the molecule is CCOc1cc(C)c(-c2[nH]ncc2C=O)cc1C(C)C. The predicted molar refractivity (Wildman–Crippen MR) is 79.4 cm³/mol. The van der Waals surface area contributed by atoms with Gasteiger partial charge >= 0.3 is 0 Å². The van der Waals surface area contributed by atoms with Crippen molar-refractivity contribution >= 4 is 6.29 Å². The number of aromatic amines is 1. The van der Waals surface area contributed by atoms with E-state index in [1.807, 2.05) is 19.9 Å². The average molecular weight is 272 g/mol. The molecular formula is C16H20N2O2. The second-order valence-electron chi connectivity index (χ2n) is 5.11. The Morgan fingerprint density at radius 1 is 1.40 bits per heavy atom. The van der Waals surface area contributed by atoms with E-state index in [2.05, 4.69) is 30.1 Å². The zero-order chi connectivity index (χ0) is 14.7. The lowest BCUT2D eigenvalue weighted by Crippen LogP contribution is -2.01. The van der Waals surface area contributed by atoms with Gasteiger partial charge in [-0.1, -0.05) is 13.8 Å². The van der Waals surface area contributed by atoms with Crippen molar-refractivity contribution < 1.29 is 9.53 Å². The van der Waals surface area contributed by atoms with E-state index in [1.165, 1.54) is 0 Å². The van der Waals surface area contributed by atoms with Gasteiger partial charge in [0, 0.05) is 5.56 Å². The molecule has 1 aromatic heterocycles. The summed E-state index contributed by atoms with van der Waals surface area (Å²) in [5, 5.41) is 6.87. The number of nitrogens with zero attached hydrogens (tertiary/aromatic N) is 1. The second-order valence-corrected chi connectivity index (χ2v) is 5.11. The molecule has 2 aromatic rings. The molecule has 0 atom stereocenters. The van der Waals surface area contributed by atoms with Gasteiger partial charge in [0.05, 0.1) is 24.1 Å². The largest absolute Gasteiger partial charge is 0.494 e. The lowest BCUT2D eigenvalue weighted by Gasteiger charge is -2.17. The Hall–Kier alpha value is -2.10. The average Bonchev–Trinajstić information content (AvgIpc) is 2.87. The highest BCUT2D eigenvalue weighted by molar-refractivity contribution is 5.86. The number of benzene rings is 1. The molecule has 0 aliphatic heterocycles. The quantitative estimate of drug-likeness (QED) is 0.844. The summed E-state index contributed by atoms with van der Waals surface area (Å²) in [4.78, 5) is 11.1. The normalized spacial score (nSPS) is 10.8. The van der Waals surface area contributed by atoms with Gasteiger partial charge in [-0.25, -0.2) is 0 Å². The Morgan fingerprint density at radius 3 is 2.75 bits per heavy atom. The van der Waals surface area contributed by atoms with E-state index in [0.29, 0.717) is 18.1 Å². The van der Waals surface area contributed by atoms with Crippen LogP contribution in [0, 0.1) is 6.92 Å². The topological polar surface area (TPSA) is 55.0 Å². The summed E-state index contributed by atoms with van der Waals surface area (Å²) >= 11 is 0. The van der Waals surface area contributed by atoms with Crippen LogP contribution < -0.4 is 4.74 Å². The smallest absolute Gasteiger partial charge is 0.153 e. The van der Waals surface area contributed by atoms with E-state index in [-0.39, 0.29) is 0 Å². The maximum absolute atomic E-state index is 11.1. The summed E-state index contributed by atoms with van der Waals surface area (Å²) in [5.74, 6) is 1.26. The third kappa shape index (κ3) is 2.59. The maximum atomic E-state index is 11.1. The van der Waals surface area contributed by atoms with Gasteiger partial charge in [0.2, 0.25) is 0 Å². The fourth-order valence-corrected chi connectivity index (χ4v) is 2.30. The Labute approximate surface area is 119 Å². The lowest BCUT2D eigenvalue weighted by atomic mass is 9.94. The number of rotatable bonds is 5. The van der Waals surface area contributed by atoms with Crippen LogP contribution in [0.15, 0.2) is 18.3 Å². The Balaban J connectivity index is 2.60. The van der Waals surface area contributed by atoms with Gasteiger partial charge in [-0.3, -0.25) is 9.89 Å². The van der Waals surface area contributed by atoms with Gasteiger partial charge < -0.3 is 4.74 Å². The highest BCUT2D eigenvalue weighted by atomic mass is 16.5. The van der Waals surface area contributed by atoms with Crippen molar-refractivity contribution in [1.29, 1.82) is 0 Å². The van der Waals surface area contributed by atoms with Gasteiger partial charge in [-0.2, -0.15) is 5.10 Å². The molecule has 1 heterocycles. The molecular weight excluding hydrogens is 252 g/mol. The number of nitrogens with one attached hydrogen (secondary N) is 1. The standard InChI is InChI=1S/C16H20N2O2/c1-5-20-15-6-11(4)14(7-13(15)10(2)3)16-12(9-19)8-17-18-16/h6-10H,5H2,1-4H3,(H,17,18). The van der Waals surface area contributed by atoms with E-state index in [0.717, 1.165) is 34.4 Å². The molecule has 0 aliphatic carbocycles. The summed E-state index contributed by atoms with van der Waals surface area (Å²) in [6, 6.07) is 4.12. The van der Waals surface area contributed by atoms with Crippen molar-refractivity contribution in [2.24, 2.45) is 0 Å². The summed E-state index contributed by atoms with van der Waals surface area (Å²) in [7, 11) is 0. The first-order valence-electron chi connectivity index (χ1n) is 6.84. The summed E-state index contributed by atoms with van der Waals surface area (Å²) in [6.07, 6.45) is 2.37. The van der Waals surface area contributed by atoms with Crippen LogP contribution in [0.25, 0.3) is 11.3 Å². The molecule has 0 aliphatic rings. The molecule has 1 N–H and O–H groups in total. The number of H-pyrrole nitrogens is 1. The van der Waals surface area contributed by atoms with Gasteiger partial charge in [0.15, 0.2) is 6.29 Å². The van der Waals surface area contributed by atoms with Crippen LogP contribution in [0.2, 0.25) is 0 Å². The fraction of sp³-hybridized carbons (Fsp3) is 0.375. The monoisotopic (exact) mass is 272 g/mol. The number of carbonyl (C=O) groups excluding carboxylic acids is 1. The van der Waals surface area contributed by atoms with E-state index in [1.54, 1.807) is 6.20 Å². The van der Waals surface area contributed by atoms with E-state index >= 15 is 0 Å². The molecule has 106 valence electrons. The molecule has 4 nitrogen and oxygen atoms in total. The first-order chi connectivity index (χ1) is 9.58. The molecule has 0 saturated carbocycles. The Bertz CT molecular complexity index is 615. The highest BCUT2D eigenvalue weighted by Crippen LogP contribution is 2.34. The number of aromatic nitrogens is 2. The van der Waals surface area contributed by atoms with Gasteiger partial charge in [0.25, 0.3) is 0 Å². The molecule has 0 unspecified atom stereocenters. The van der Waals surface area contributed by atoms with Crippen molar-refractivity contribution in [3.63, 3.8) is 0 Å². The molecule has 4 heteroatoms. The zero-order valence-electron chi connectivity index (χ0n) is 12.4. The number of ether oxygens (including phenoxy) is 1. The zero-order valence-corrected chi connectivity index (χ0v) is 12.4. The van der Waals surface area contributed by atoms with Gasteiger partial charge in [-0.05, 0) is 43.0 Å². The van der Waals surface area contributed by atoms with Crippen LogP contribution in [0.3, 0.4) is 0 Å². The number of aldehydes is 1. The first-order valence-corrected chi connectivity index (χ1v) is 6.84. The van der Waals surface area contributed by atoms with Crippen LogP contribution in [-0.2, 0) is 0 Å². The van der Waals surface area contributed by atoms with Crippen LogP contribution >= 0.6 is 0 Å². The second kappa shape index (κ2) is 5.90. The summed E-state index contributed by atoms with van der Waals surface area (Å²) in [5.41, 5.74) is 4.54. The third-order valence-corrected chi connectivity index (χ3v) is 3.34. The third-order valence-electron chi connectivity index (χ3n) is 3.34. The molecule has 2 rings (SSSR count). The fourth-order valence-electron chi connectivity index (χ4n) is 2.30. The molecule has 0 radical (unpaired) electrons. The van der Waals surface area contributed by atoms with Gasteiger partial charge in [0.1, 0.15) is 5.75 Å². The minimum atomic E-state index is 0.346. The van der Waals surface area contributed by atoms with Crippen molar-refractivity contribution in [3.05, 3.63) is 35.0 Å². The Morgan fingerprint density at radius 2 is 2.15 bits per heavy atom. The van der Waals surface area contributed by atoms with Gasteiger partial charge in [-0.15, -0.1) is 0 Å². The lowest BCUT2D eigenvalue weighted by molar-refractivity contribution is 0.112. The minimum absolute atomic E-state index is 0.346. The summed E-state index contributed by atoms with van der Waals surface area (Å²) < 4.78 is 5.71. The summed E-state index contributed by atoms with van der Waals surface area (Å²) in [6.45, 7) is 8.89. The van der Waals surface area contributed by atoms with Crippen LogP contribution in [0.4, 0.5) is 0 Å². The van der Waals surface area contributed by atoms with E-state index in [9.17, 15) is 4.79 Å². The molecule has 0 bridgehead atoms. The number of hydrogen-bond acceptors (Lipinski definition) is 3. The molecule has 0 amide bonds.